The number of hydrogen-bond acceptors (Lipinski definition) is 6. The average molecular weight is 478 g/mol. The second-order valence-electron chi connectivity index (χ2n) is 8.19. The van der Waals surface area contributed by atoms with Gasteiger partial charge in [-0.15, -0.1) is 11.3 Å². The van der Waals surface area contributed by atoms with Crippen LogP contribution in [0.3, 0.4) is 0 Å². The van der Waals surface area contributed by atoms with Gasteiger partial charge in [0.2, 0.25) is 0 Å². The van der Waals surface area contributed by atoms with Crippen LogP contribution < -0.4 is 10.2 Å². The molecule has 2 aliphatic rings. The minimum absolute atomic E-state index is 0.231. The van der Waals surface area contributed by atoms with E-state index in [2.05, 4.69) is 29.0 Å². The summed E-state index contributed by atoms with van der Waals surface area (Å²) in [6.45, 7) is 8.55. The van der Waals surface area contributed by atoms with Gasteiger partial charge >= 0.3 is 12.1 Å². The molecule has 1 saturated heterocycles. The summed E-state index contributed by atoms with van der Waals surface area (Å²) < 4.78 is 4.91. The van der Waals surface area contributed by atoms with Crippen LogP contribution in [0.5, 0.6) is 0 Å². The van der Waals surface area contributed by atoms with Gasteiger partial charge in [-0.3, -0.25) is 15.1 Å². The molecule has 4 rings (SSSR count). The molecule has 0 radical (unpaired) electrons. The lowest BCUT2D eigenvalue weighted by atomic mass is 9.81. The Kier molecular flexibility index (Phi) is 6.60. The number of halogens is 1. The fraction of sp³-hybridized carbons (Fsp3) is 0.500. The second-order valence-corrected chi connectivity index (χ2v) is 9.74. The van der Waals surface area contributed by atoms with Gasteiger partial charge in [0.05, 0.1) is 7.11 Å². The number of amides is 3. The first-order valence-corrected chi connectivity index (χ1v) is 12.0. The van der Waals surface area contributed by atoms with E-state index in [1.807, 2.05) is 18.3 Å². The van der Waals surface area contributed by atoms with Crippen LogP contribution in [-0.2, 0) is 16.7 Å². The van der Waals surface area contributed by atoms with E-state index >= 15 is 0 Å². The standard InChI is InChI=1S/C22H28ClN5O3S/c1-4-26(5-2)12-16-11-24-19(32-16)25-20(29)28-14-22(8-9-27(13-22)21(30)31-3)17-10-15(23)6-7-18(17)28/h6-7,10-11H,4-5,8-9,12-14H2,1-3H3,(H,24,25,29). The van der Waals surface area contributed by atoms with Crippen LogP contribution in [0.25, 0.3) is 0 Å². The lowest BCUT2D eigenvalue weighted by molar-refractivity contribution is 0.131. The largest absolute Gasteiger partial charge is 0.453 e. The molecule has 1 aromatic carbocycles. The van der Waals surface area contributed by atoms with E-state index in [0.29, 0.717) is 29.8 Å². The number of carbonyl (C=O) groups excluding carboxylic acids is 2. The summed E-state index contributed by atoms with van der Waals surface area (Å²) >= 11 is 7.79. The Morgan fingerprint density at radius 2 is 2.09 bits per heavy atom. The third-order valence-corrected chi connectivity index (χ3v) is 7.49. The van der Waals surface area contributed by atoms with Gasteiger partial charge in [-0.25, -0.2) is 14.6 Å². The molecule has 0 saturated carbocycles. The van der Waals surface area contributed by atoms with Gasteiger partial charge in [-0.05, 0) is 43.3 Å². The number of likely N-dealkylation sites (tertiary alicyclic amines) is 1. The van der Waals surface area contributed by atoms with E-state index < -0.39 is 0 Å². The number of nitrogens with one attached hydrogen (secondary N) is 1. The zero-order valence-corrected chi connectivity index (χ0v) is 20.1. The predicted molar refractivity (Wildman–Crippen MR) is 127 cm³/mol. The third-order valence-electron chi connectivity index (χ3n) is 6.35. The lowest BCUT2D eigenvalue weighted by Crippen LogP contribution is -2.41. The molecule has 2 aromatic rings. The lowest BCUT2D eigenvalue weighted by Gasteiger charge is -2.25. The summed E-state index contributed by atoms with van der Waals surface area (Å²) in [5.41, 5.74) is 1.45. The van der Waals surface area contributed by atoms with E-state index in [0.717, 1.165) is 42.2 Å². The van der Waals surface area contributed by atoms with Crippen molar-refractivity contribution in [3.63, 3.8) is 0 Å². The maximum atomic E-state index is 13.3. The molecule has 172 valence electrons. The molecule has 10 heteroatoms. The number of rotatable bonds is 5. The van der Waals surface area contributed by atoms with E-state index in [1.165, 1.54) is 18.4 Å². The van der Waals surface area contributed by atoms with Crippen molar-refractivity contribution in [2.75, 3.05) is 50.1 Å². The molecule has 8 nitrogen and oxygen atoms in total. The Balaban J connectivity index is 1.53. The second kappa shape index (κ2) is 9.25. The van der Waals surface area contributed by atoms with Gasteiger partial charge in [0, 0.05) is 53.4 Å². The Bertz CT molecular complexity index is 1010. The van der Waals surface area contributed by atoms with Crippen molar-refractivity contribution in [1.82, 2.24) is 14.8 Å². The first-order valence-electron chi connectivity index (χ1n) is 10.8. The highest BCUT2D eigenvalue weighted by molar-refractivity contribution is 7.15. The van der Waals surface area contributed by atoms with Crippen LogP contribution in [0.15, 0.2) is 24.4 Å². The number of thiazole rings is 1. The van der Waals surface area contributed by atoms with Crippen LogP contribution in [0.2, 0.25) is 5.02 Å². The Morgan fingerprint density at radius 3 is 2.81 bits per heavy atom. The molecular weight excluding hydrogens is 450 g/mol. The van der Waals surface area contributed by atoms with Gasteiger partial charge in [0.1, 0.15) is 0 Å². The Morgan fingerprint density at radius 1 is 1.31 bits per heavy atom. The van der Waals surface area contributed by atoms with Crippen molar-refractivity contribution < 1.29 is 14.3 Å². The number of methoxy groups -OCH3 is 1. The number of aromatic nitrogens is 1. The molecule has 2 aliphatic heterocycles. The molecule has 1 fully saturated rings. The van der Waals surface area contributed by atoms with Crippen LogP contribution in [0, 0.1) is 0 Å². The molecule has 0 aliphatic carbocycles. The van der Waals surface area contributed by atoms with E-state index in [4.69, 9.17) is 16.3 Å². The highest BCUT2D eigenvalue weighted by Crippen LogP contribution is 2.47. The molecule has 1 aromatic heterocycles. The van der Waals surface area contributed by atoms with Crippen molar-refractivity contribution >= 4 is 45.9 Å². The number of fused-ring (bicyclic) bond motifs is 2. The van der Waals surface area contributed by atoms with Gasteiger partial charge in [-0.1, -0.05) is 25.4 Å². The number of benzene rings is 1. The third kappa shape index (κ3) is 4.29. The maximum absolute atomic E-state index is 13.3. The fourth-order valence-electron chi connectivity index (χ4n) is 4.59. The molecule has 3 amide bonds. The van der Waals surface area contributed by atoms with Gasteiger partial charge in [0.25, 0.3) is 0 Å². The predicted octanol–water partition coefficient (Wildman–Crippen LogP) is 4.40. The number of urea groups is 1. The normalized spacial score (nSPS) is 19.7. The summed E-state index contributed by atoms with van der Waals surface area (Å²) in [7, 11) is 1.38. The molecule has 1 unspecified atom stereocenters. The summed E-state index contributed by atoms with van der Waals surface area (Å²) in [4.78, 5) is 36.6. The zero-order valence-electron chi connectivity index (χ0n) is 18.6. The van der Waals surface area contributed by atoms with Gasteiger partial charge in [-0.2, -0.15) is 0 Å². The van der Waals surface area contributed by atoms with E-state index in [1.54, 1.807) is 15.9 Å². The molecular formula is C22H28ClN5O3S. The fourth-order valence-corrected chi connectivity index (χ4v) is 5.61. The van der Waals surface area contributed by atoms with Crippen LogP contribution in [-0.4, -0.2) is 66.7 Å². The quantitative estimate of drug-likeness (QED) is 0.690. The SMILES string of the molecule is CCN(CC)Cc1cnc(NC(=O)N2CC3(CCN(C(=O)OC)C3)c3cc(Cl)ccc32)s1. The minimum Gasteiger partial charge on any atom is -0.453 e. The monoisotopic (exact) mass is 477 g/mol. The van der Waals surface area contributed by atoms with E-state index in [9.17, 15) is 9.59 Å². The summed E-state index contributed by atoms with van der Waals surface area (Å²) in [6.07, 6.45) is 2.21. The molecule has 32 heavy (non-hydrogen) atoms. The van der Waals surface area contributed by atoms with Crippen molar-refractivity contribution in [3.8, 4) is 0 Å². The van der Waals surface area contributed by atoms with Gasteiger partial charge < -0.3 is 9.64 Å². The van der Waals surface area contributed by atoms with Crippen molar-refractivity contribution in [2.45, 2.75) is 32.2 Å². The molecule has 0 bridgehead atoms. The molecule has 1 atom stereocenters. The summed E-state index contributed by atoms with van der Waals surface area (Å²) in [5, 5.41) is 4.15. The van der Waals surface area contributed by atoms with E-state index in [-0.39, 0.29) is 17.5 Å². The topological polar surface area (TPSA) is 78.0 Å². The average Bonchev–Trinajstić information content (AvgIpc) is 3.50. The Labute approximate surface area is 197 Å². The number of carbonyl (C=O) groups is 2. The number of ether oxygens (including phenoxy) is 1. The van der Waals surface area contributed by atoms with Crippen molar-refractivity contribution in [1.29, 1.82) is 0 Å². The molecule has 3 heterocycles. The van der Waals surface area contributed by atoms with Crippen LogP contribution in [0.1, 0.15) is 30.7 Å². The number of nitrogens with zero attached hydrogens (tertiary/aromatic N) is 4. The maximum Gasteiger partial charge on any atom is 0.409 e. The zero-order chi connectivity index (χ0) is 22.9. The summed E-state index contributed by atoms with van der Waals surface area (Å²) in [5.74, 6) is 0. The molecule has 1 N–H and O–H groups in total. The molecule has 1 spiro atoms. The highest BCUT2D eigenvalue weighted by Gasteiger charge is 2.50. The Hall–Kier alpha value is -2.36. The van der Waals surface area contributed by atoms with Crippen LogP contribution >= 0.6 is 22.9 Å². The van der Waals surface area contributed by atoms with Crippen molar-refractivity contribution in [3.05, 3.63) is 39.9 Å². The van der Waals surface area contributed by atoms with Crippen LogP contribution in [0.4, 0.5) is 20.4 Å². The first-order chi connectivity index (χ1) is 15.4. The van der Waals surface area contributed by atoms with Gasteiger partial charge in [0.15, 0.2) is 5.13 Å². The van der Waals surface area contributed by atoms with Crippen molar-refractivity contribution in [2.24, 2.45) is 0 Å². The highest BCUT2D eigenvalue weighted by atomic mass is 35.5. The number of hydrogen-bond donors (Lipinski definition) is 1. The number of anilines is 2. The smallest absolute Gasteiger partial charge is 0.409 e. The first kappa shape index (κ1) is 22.8. The summed E-state index contributed by atoms with van der Waals surface area (Å²) in [6, 6.07) is 5.35. The minimum atomic E-state index is -0.359.